The number of carbonyl (C=O) groups excluding carboxylic acids is 1. The number of amides is 1. The lowest BCUT2D eigenvalue weighted by Crippen LogP contribution is -2.23. The van der Waals surface area contributed by atoms with Gasteiger partial charge in [0.1, 0.15) is 0 Å². The first-order valence-corrected chi connectivity index (χ1v) is 8.32. The Bertz CT molecular complexity index is 871. The van der Waals surface area contributed by atoms with Crippen molar-refractivity contribution in [2.45, 2.75) is 33.2 Å². The number of hydrogen-bond acceptors (Lipinski definition) is 4. The van der Waals surface area contributed by atoms with Crippen LogP contribution in [-0.2, 0) is 17.8 Å². The molecule has 0 bridgehead atoms. The van der Waals surface area contributed by atoms with Crippen molar-refractivity contribution in [3.05, 3.63) is 71.1 Å². The third kappa shape index (κ3) is 4.53. The van der Waals surface area contributed by atoms with Crippen molar-refractivity contribution in [3.8, 4) is 11.5 Å². The maximum atomic E-state index is 12.0. The van der Waals surface area contributed by atoms with Crippen molar-refractivity contribution >= 4 is 5.91 Å². The van der Waals surface area contributed by atoms with Crippen LogP contribution in [0.3, 0.4) is 0 Å². The van der Waals surface area contributed by atoms with E-state index in [1.165, 1.54) is 5.56 Å². The molecule has 1 amide bonds. The molecular weight excluding hydrogens is 314 g/mol. The second kappa shape index (κ2) is 7.75. The molecule has 1 heterocycles. The minimum atomic E-state index is -0.0304. The van der Waals surface area contributed by atoms with Gasteiger partial charge in [-0.25, -0.2) is 0 Å². The molecule has 1 N–H and O–H groups in total. The van der Waals surface area contributed by atoms with Gasteiger partial charge >= 0.3 is 0 Å². The zero-order chi connectivity index (χ0) is 17.6. The number of benzene rings is 2. The Balaban J connectivity index is 1.52. The average Bonchev–Trinajstić information content (AvgIpc) is 3.07. The molecule has 5 heteroatoms. The summed E-state index contributed by atoms with van der Waals surface area (Å²) in [6.45, 7) is 4.56. The summed E-state index contributed by atoms with van der Waals surface area (Å²) in [5.41, 5.74) is 4.27. The van der Waals surface area contributed by atoms with E-state index in [9.17, 15) is 4.79 Å². The van der Waals surface area contributed by atoms with Crippen LogP contribution in [0.1, 0.15) is 29.0 Å². The Morgan fingerprint density at radius 1 is 1.08 bits per heavy atom. The molecule has 2 aromatic carbocycles. The Morgan fingerprint density at radius 2 is 1.92 bits per heavy atom. The molecule has 0 saturated heterocycles. The topological polar surface area (TPSA) is 68.0 Å². The highest BCUT2D eigenvalue weighted by Gasteiger charge is 2.12. The maximum absolute atomic E-state index is 12.0. The standard InChI is InChI=1S/C20H21N3O2/c1-14-6-5-8-16(12-14)13-21-18(24)10-11-19-22-23-20(25-19)17-9-4-3-7-15(17)2/h3-9,12H,10-11,13H2,1-2H3,(H,21,24). The molecule has 0 aliphatic rings. The fraction of sp³-hybridized carbons (Fsp3) is 0.250. The lowest BCUT2D eigenvalue weighted by Gasteiger charge is -2.05. The van der Waals surface area contributed by atoms with Gasteiger partial charge in [-0.15, -0.1) is 10.2 Å². The molecule has 0 spiro atoms. The van der Waals surface area contributed by atoms with E-state index in [1.54, 1.807) is 0 Å². The summed E-state index contributed by atoms with van der Waals surface area (Å²) in [6, 6.07) is 15.9. The van der Waals surface area contributed by atoms with Gasteiger partial charge in [0.15, 0.2) is 0 Å². The van der Waals surface area contributed by atoms with Crippen LogP contribution in [0, 0.1) is 13.8 Å². The number of aromatic nitrogens is 2. The predicted octanol–water partition coefficient (Wildman–Crippen LogP) is 3.60. The summed E-state index contributed by atoms with van der Waals surface area (Å²) in [7, 11) is 0. The van der Waals surface area contributed by atoms with E-state index in [1.807, 2.05) is 56.3 Å². The molecule has 5 nitrogen and oxygen atoms in total. The highest BCUT2D eigenvalue weighted by atomic mass is 16.4. The molecule has 128 valence electrons. The maximum Gasteiger partial charge on any atom is 0.247 e. The third-order valence-electron chi connectivity index (χ3n) is 3.98. The smallest absolute Gasteiger partial charge is 0.247 e. The molecule has 0 aliphatic heterocycles. The van der Waals surface area contributed by atoms with Gasteiger partial charge in [-0.1, -0.05) is 48.0 Å². The highest BCUT2D eigenvalue weighted by molar-refractivity contribution is 5.76. The van der Waals surface area contributed by atoms with E-state index in [-0.39, 0.29) is 5.91 Å². The summed E-state index contributed by atoms with van der Waals surface area (Å²) in [5, 5.41) is 11.0. The molecular formula is C20H21N3O2. The predicted molar refractivity (Wildman–Crippen MR) is 95.8 cm³/mol. The van der Waals surface area contributed by atoms with E-state index in [4.69, 9.17) is 4.42 Å². The molecule has 0 unspecified atom stereocenters. The van der Waals surface area contributed by atoms with Crippen molar-refractivity contribution in [2.75, 3.05) is 0 Å². The van der Waals surface area contributed by atoms with Gasteiger partial charge in [-0.05, 0) is 31.0 Å². The first-order valence-electron chi connectivity index (χ1n) is 8.32. The molecule has 0 atom stereocenters. The summed E-state index contributed by atoms with van der Waals surface area (Å²) in [4.78, 5) is 12.0. The zero-order valence-electron chi connectivity index (χ0n) is 14.5. The van der Waals surface area contributed by atoms with Crippen molar-refractivity contribution in [3.63, 3.8) is 0 Å². The van der Waals surface area contributed by atoms with Crippen LogP contribution in [0.15, 0.2) is 52.9 Å². The van der Waals surface area contributed by atoms with Crippen LogP contribution in [0.5, 0.6) is 0 Å². The van der Waals surface area contributed by atoms with Crippen molar-refractivity contribution in [1.29, 1.82) is 0 Å². The van der Waals surface area contributed by atoms with Gasteiger partial charge in [0.05, 0.1) is 0 Å². The van der Waals surface area contributed by atoms with Crippen molar-refractivity contribution in [2.24, 2.45) is 0 Å². The molecule has 0 saturated carbocycles. The van der Waals surface area contributed by atoms with Crippen LogP contribution in [0.25, 0.3) is 11.5 Å². The number of carbonyl (C=O) groups is 1. The molecule has 25 heavy (non-hydrogen) atoms. The van der Waals surface area contributed by atoms with Gasteiger partial charge in [0.2, 0.25) is 17.7 Å². The normalized spacial score (nSPS) is 10.6. The lowest BCUT2D eigenvalue weighted by atomic mass is 10.1. The number of aryl methyl sites for hydroxylation is 3. The second-order valence-corrected chi connectivity index (χ2v) is 6.08. The first-order chi connectivity index (χ1) is 12.1. The minimum Gasteiger partial charge on any atom is -0.421 e. The largest absolute Gasteiger partial charge is 0.421 e. The molecule has 0 aliphatic carbocycles. The quantitative estimate of drug-likeness (QED) is 0.747. The number of nitrogens with zero attached hydrogens (tertiary/aromatic N) is 2. The summed E-state index contributed by atoms with van der Waals surface area (Å²) in [6.07, 6.45) is 0.750. The van der Waals surface area contributed by atoms with E-state index < -0.39 is 0 Å². The molecule has 1 aromatic heterocycles. The van der Waals surface area contributed by atoms with E-state index in [0.29, 0.717) is 31.2 Å². The Kier molecular flexibility index (Phi) is 5.23. The monoisotopic (exact) mass is 335 g/mol. The lowest BCUT2D eigenvalue weighted by molar-refractivity contribution is -0.121. The number of rotatable bonds is 6. The van der Waals surface area contributed by atoms with E-state index in [2.05, 4.69) is 21.6 Å². The summed E-state index contributed by atoms with van der Waals surface area (Å²) >= 11 is 0. The van der Waals surface area contributed by atoms with Gasteiger partial charge in [-0.2, -0.15) is 0 Å². The van der Waals surface area contributed by atoms with Gasteiger partial charge in [0, 0.05) is 24.9 Å². The Hall–Kier alpha value is -2.95. The Morgan fingerprint density at radius 3 is 2.72 bits per heavy atom. The van der Waals surface area contributed by atoms with Crippen LogP contribution in [0.4, 0.5) is 0 Å². The molecule has 3 aromatic rings. The van der Waals surface area contributed by atoms with Crippen LogP contribution >= 0.6 is 0 Å². The molecule has 0 fully saturated rings. The van der Waals surface area contributed by atoms with Crippen molar-refractivity contribution < 1.29 is 9.21 Å². The Labute approximate surface area is 147 Å². The van der Waals surface area contributed by atoms with Crippen LogP contribution < -0.4 is 5.32 Å². The molecule has 0 radical (unpaired) electrons. The fourth-order valence-corrected chi connectivity index (χ4v) is 2.61. The third-order valence-corrected chi connectivity index (χ3v) is 3.98. The summed E-state index contributed by atoms with van der Waals surface area (Å²) < 4.78 is 5.68. The van der Waals surface area contributed by atoms with Crippen molar-refractivity contribution in [1.82, 2.24) is 15.5 Å². The minimum absolute atomic E-state index is 0.0304. The zero-order valence-corrected chi connectivity index (χ0v) is 14.5. The van der Waals surface area contributed by atoms with Crippen LogP contribution in [-0.4, -0.2) is 16.1 Å². The van der Waals surface area contributed by atoms with Gasteiger partial charge in [-0.3, -0.25) is 4.79 Å². The second-order valence-electron chi connectivity index (χ2n) is 6.08. The van der Waals surface area contributed by atoms with Crippen LogP contribution in [0.2, 0.25) is 0 Å². The number of hydrogen-bond donors (Lipinski definition) is 1. The van der Waals surface area contributed by atoms with Gasteiger partial charge < -0.3 is 9.73 Å². The number of nitrogens with one attached hydrogen (secondary N) is 1. The fourth-order valence-electron chi connectivity index (χ4n) is 2.61. The SMILES string of the molecule is Cc1cccc(CNC(=O)CCc2nnc(-c3ccccc3C)o2)c1. The van der Waals surface area contributed by atoms with E-state index >= 15 is 0 Å². The van der Waals surface area contributed by atoms with Gasteiger partial charge in [0.25, 0.3) is 0 Å². The molecule has 3 rings (SSSR count). The summed E-state index contributed by atoms with van der Waals surface area (Å²) in [5.74, 6) is 0.939. The first kappa shape index (κ1) is 16.9. The highest BCUT2D eigenvalue weighted by Crippen LogP contribution is 2.21. The van der Waals surface area contributed by atoms with E-state index in [0.717, 1.165) is 16.7 Å². The average molecular weight is 335 g/mol.